The molecule has 3 heteroatoms. The van der Waals surface area contributed by atoms with E-state index in [0.717, 1.165) is 12.8 Å². The lowest BCUT2D eigenvalue weighted by atomic mass is 9.91. The molecule has 0 aliphatic heterocycles. The van der Waals surface area contributed by atoms with Gasteiger partial charge in [-0.1, -0.05) is 11.6 Å². The Hall–Kier alpha value is -0.600. The van der Waals surface area contributed by atoms with E-state index in [1.165, 1.54) is 11.1 Å². The van der Waals surface area contributed by atoms with Crippen LogP contribution in [0.4, 0.5) is 0 Å². The number of halogens is 1. The van der Waals surface area contributed by atoms with Gasteiger partial charge in [0.15, 0.2) is 0 Å². The highest BCUT2D eigenvalue weighted by molar-refractivity contribution is 6.29. The van der Waals surface area contributed by atoms with E-state index in [-0.39, 0.29) is 6.10 Å². The van der Waals surface area contributed by atoms with Crippen LogP contribution >= 0.6 is 11.6 Å². The van der Waals surface area contributed by atoms with Crippen molar-refractivity contribution >= 4 is 11.6 Å². The van der Waals surface area contributed by atoms with Crippen LogP contribution < -0.4 is 0 Å². The second-order valence-electron chi connectivity index (χ2n) is 3.98. The maximum absolute atomic E-state index is 9.67. The van der Waals surface area contributed by atoms with Gasteiger partial charge in [-0.05, 0) is 36.0 Å². The molecular formula is C10H10ClNO. The van der Waals surface area contributed by atoms with Gasteiger partial charge in [-0.3, -0.25) is 0 Å². The molecule has 0 saturated heterocycles. The quantitative estimate of drug-likeness (QED) is 0.643. The SMILES string of the molecule is OC1CC2CC1c1cnc(Cl)cc12. The third kappa shape index (κ3) is 0.960. The van der Waals surface area contributed by atoms with Gasteiger partial charge < -0.3 is 5.11 Å². The van der Waals surface area contributed by atoms with Crippen LogP contribution in [-0.4, -0.2) is 16.2 Å². The summed E-state index contributed by atoms with van der Waals surface area (Å²) in [7, 11) is 0. The molecule has 13 heavy (non-hydrogen) atoms. The molecule has 1 N–H and O–H groups in total. The van der Waals surface area contributed by atoms with Gasteiger partial charge in [0.25, 0.3) is 0 Å². The average Bonchev–Trinajstić information content (AvgIpc) is 2.61. The van der Waals surface area contributed by atoms with Crippen LogP contribution in [0.3, 0.4) is 0 Å². The standard InChI is InChI=1S/C10H10ClNO/c11-10-3-6-5-1-7(9(13)2-5)8(6)4-12-10/h3-5,7,9,13H,1-2H2. The lowest BCUT2D eigenvalue weighted by Crippen LogP contribution is -2.15. The van der Waals surface area contributed by atoms with E-state index < -0.39 is 0 Å². The van der Waals surface area contributed by atoms with Crippen molar-refractivity contribution in [1.29, 1.82) is 0 Å². The zero-order valence-corrected chi connectivity index (χ0v) is 7.83. The van der Waals surface area contributed by atoms with Gasteiger partial charge >= 0.3 is 0 Å². The lowest BCUT2D eigenvalue weighted by Gasteiger charge is -2.19. The van der Waals surface area contributed by atoms with Crippen LogP contribution in [0.1, 0.15) is 35.8 Å². The summed E-state index contributed by atoms with van der Waals surface area (Å²) in [6.45, 7) is 0. The number of rotatable bonds is 0. The average molecular weight is 196 g/mol. The molecule has 3 unspecified atom stereocenters. The van der Waals surface area contributed by atoms with Crippen LogP contribution in [0.5, 0.6) is 0 Å². The zero-order valence-electron chi connectivity index (χ0n) is 7.07. The van der Waals surface area contributed by atoms with Crippen molar-refractivity contribution in [2.24, 2.45) is 0 Å². The zero-order chi connectivity index (χ0) is 9.00. The summed E-state index contributed by atoms with van der Waals surface area (Å²) in [5.74, 6) is 0.847. The number of hydrogen-bond acceptors (Lipinski definition) is 2. The van der Waals surface area contributed by atoms with Gasteiger partial charge in [-0.25, -0.2) is 4.98 Å². The second kappa shape index (κ2) is 2.46. The number of pyridine rings is 1. The maximum atomic E-state index is 9.67. The molecule has 3 rings (SSSR count). The minimum Gasteiger partial charge on any atom is -0.392 e. The molecule has 1 heterocycles. The Balaban J connectivity index is 2.16. The van der Waals surface area contributed by atoms with E-state index in [9.17, 15) is 5.11 Å². The Morgan fingerprint density at radius 2 is 2.23 bits per heavy atom. The molecule has 0 amide bonds. The Morgan fingerprint density at radius 3 is 3.08 bits per heavy atom. The van der Waals surface area contributed by atoms with Gasteiger partial charge in [0.2, 0.25) is 0 Å². The first-order chi connectivity index (χ1) is 6.25. The van der Waals surface area contributed by atoms with E-state index in [0.29, 0.717) is 17.0 Å². The highest BCUT2D eigenvalue weighted by atomic mass is 35.5. The van der Waals surface area contributed by atoms with Crippen molar-refractivity contribution in [3.05, 3.63) is 28.5 Å². The molecule has 2 bridgehead atoms. The third-order valence-corrected chi connectivity index (χ3v) is 3.51. The predicted octanol–water partition coefficient (Wildman–Crippen LogP) is 2.07. The number of aliphatic hydroxyl groups excluding tert-OH is 1. The summed E-state index contributed by atoms with van der Waals surface area (Å²) in [5.41, 5.74) is 2.53. The van der Waals surface area contributed by atoms with Crippen molar-refractivity contribution in [3.63, 3.8) is 0 Å². The van der Waals surface area contributed by atoms with Crippen LogP contribution in [0, 0.1) is 0 Å². The minimum atomic E-state index is -0.152. The van der Waals surface area contributed by atoms with E-state index in [1.54, 1.807) is 0 Å². The van der Waals surface area contributed by atoms with Gasteiger partial charge in [-0.2, -0.15) is 0 Å². The molecule has 1 aromatic heterocycles. The molecule has 0 radical (unpaired) electrons. The van der Waals surface area contributed by atoms with Crippen molar-refractivity contribution in [1.82, 2.24) is 4.98 Å². The molecule has 0 aromatic carbocycles. The maximum Gasteiger partial charge on any atom is 0.129 e. The van der Waals surface area contributed by atoms with Crippen molar-refractivity contribution in [2.45, 2.75) is 30.8 Å². The summed E-state index contributed by atoms with van der Waals surface area (Å²) in [6.07, 6.45) is 3.65. The van der Waals surface area contributed by atoms with Crippen molar-refractivity contribution in [3.8, 4) is 0 Å². The van der Waals surface area contributed by atoms with Gasteiger partial charge in [0.1, 0.15) is 5.15 Å². The van der Waals surface area contributed by atoms with Crippen molar-refractivity contribution in [2.75, 3.05) is 0 Å². The molecule has 2 nitrogen and oxygen atoms in total. The molecule has 0 spiro atoms. The van der Waals surface area contributed by atoms with Crippen LogP contribution in [-0.2, 0) is 0 Å². The van der Waals surface area contributed by atoms with E-state index in [4.69, 9.17) is 11.6 Å². The number of fused-ring (bicyclic) bond motifs is 5. The van der Waals surface area contributed by atoms with Gasteiger partial charge in [0.05, 0.1) is 6.10 Å². The third-order valence-electron chi connectivity index (χ3n) is 3.30. The number of aromatic nitrogens is 1. The molecule has 2 aliphatic carbocycles. The minimum absolute atomic E-state index is 0.152. The fraction of sp³-hybridized carbons (Fsp3) is 0.500. The first-order valence-corrected chi connectivity index (χ1v) is 4.97. The predicted molar refractivity (Wildman–Crippen MR) is 50.0 cm³/mol. The smallest absolute Gasteiger partial charge is 0.129 e. The molecule has 1 saturated carbocycles. The summed E-state index contributed by atoms with van der Waals surface area (Å²) in [5, 5.41) is 10.2. The Morgan fingerprint density at radius 1 is 1.38 bits per heavy atom. The fourth-order valence-corrected chi connectivity index (χ4v) is 2.89. The summed E-state index contributed by atoms with van der Waals surface area (Å²) < 4.78 is 0. The Labute approximate surface area is 81.6 Å². The fourth-order valence-electron chi connectivity index (χ4n) is 2.72. The number of hydrogen-bond donors (Lipinski definition) is 1. The second-order valence-corrected chi connectivity index (χ2v) is 4.37. The van der Waals surface area contributed by atoms with Gasteiger partial charge in [0, 0.05) is 12.1 Å². The largest absolute Gasteiger partial charge is 0.392 e. The molecule has 1 aromatic rings. The normalized spacial score (nSPS) is 35.1. The lowest BCUT2D eigenvalue weighted by molar-refractivity contribution is 0.158. The number of nitrogens with zero attached hydrogens (tertiary/aromatic N) is 1. The molecule has 3 atom stereocenters. The summed E-state index contributed by atoms with van der Waals surface area (Å²) >= 11 is 5.82. The van der Waals surface area contributed by atoms with Gasteiger partial charge in [-0.15, -0.1) is 0 Å². The Bertz CT molecular complexity index is 366. The number of aliphatic hydroxyl groups is 1. The first-order valence-electron chi connectivity index (χ1n) is 4.59. The van der Waals surface area contributed by atoms with E-state index in [2.05, 4.69) is 4.98 Å². The molecule has 2 aliphatic rings. The van der Waals surface area contributed by atoms with E-state index in [1.807, 2.05) is 12.3 Å². The summed E-state index contributed by atoms with van der Waals surface area (Å²) in [4.78, 5) is 4.06. The van der Waals surface area contributed by atoms with Crippen LogP contribution in [0.2, 0.25) is 5.15 Å². The topological polar surface area (TPSA) is 33.1 Å². The van der Waals surface area contributed by atoms with Crippen molar-refractivity contribution < 1.29 is 5.11 Å². The highest BCUT2D eigenvalue weighted by Crippen LogP contribution is 2.52. The summed E-state index contributed by atoms with van der Waals surface area (Å²) in [6, 6.07) is 1.95. The Kier molecular flexibility index (Phi) is 1.47. The highest BCUT2D eigenvalue weighted by Gasteiger charge is 2.43. The first kappa shape index (κ1) is 7.77. The molecule has 68 valence electrons. The molecular weight excluding hydrogens is 186 g/mol. The van der Waals surface area contributed by atoms with Crippen LogP contribution in [0.25, 0.3) is 0 Å². The van der Waals surface area contributed by atoms with Crippen LogP contribution in [0.15, 0.2) is 12.3 Å². The monoisotopic (exact) mass is 195 g/mol. The van der Waals surface area contributed by atoms with E-state index >= 15 is 0 Å². The molecule has 1 fully saturated rings.